The number of aromatic hydroxyl groups is 2. The number of aromatic nitrogens is 3. The smallest absolute Gasteiger partial charge is 0.174 e. The molecule has 124 valence electrons. The van der Waals surface area contributed by atoms with Crippen LogP contribution in [0.3, 0.4) is 0 Å². The summed E-state index contributed by atoms with van der Waals surface area (Å²) >= 11 is 0. The Hall–Kier alpha value is -3.22. The third-order valence-electron chi connectivity index (χ3n) is 3.82. The van der Waals surface area contributed by atoms with Crippen LogP contribution < -0.4 is 10.5 Å². The molecule has 0 amide bonds. The maximum Gasteiger partial charge on any atom is 0.174 e. The van der Waals surface area contributed by atoms with Crippen molar-refractivity contribution in [1.29, 1.82) is 0 Å². The van der Waals surface area contributed by atoms with E-state index in [2.05, 4.69) is 10.3 Å². The van der Waals surface area contributed by atoms with Gasteiger partial charge in [-0.1, -0.05) is 24.3 Å². The minimum atomic E-state index is -0.112. The van der Waals surface area contributed by atoms with Crippen LogP contribution in [0, 0.1) is 0 Å². The van der Waals surface area contributed by atoms with Crippen LogP contribution in [-0.2, 0) is 6.42 Å². The molecule has 0 spiro atoms. The molecule has 0 saturated heterocycles. The van der Waals surface area contributed by atoms with E-state index in [0.717, 1.165) is 5.56 Å². The molecule has 3 aromatic rings. The normalized spacial score (nSPS) is 10.8. The van der Waals surface area contributed by atoms with E-state index in [0.29, 0.717) is 29.1 Å². The van der Waals surface area contributed by atoms with Gasteiger partial charge in [-0.2, -0.15) is 0 Å². The number of nitrogens with zero attached hydrogens (tertiary/aromatic N) is 3. The highest BCUT2D eigenvalue weighted by Crippen LogP contribution is 2.35. The molecule has 3 rings (SSSR count). The Morgan fingerprint density at radius 1 is 1.17 bits per heavy atom. The fourth-order valence-corrected chi connectivity index (χ4v) is 2.56. The summed E-state index contributed by atoms with van der Waals surface area (Å²) in [6.45, 7) is 1.91. The first kappa shape index (κ1) is 15.7. The van der Waals surface area contributed by atoms with Gasteiger partial charge in [0.2, 0.25) is 0 Å². The predicted octanol–water partition coefficient (Wildman–Crippen LogP) is 2.50. The van der Waals surface area contributed by atoms with Crippen molar-refractivity contribution < 1.29 is 14.9 Å². The second-order valence-corrected chi connectivity index (χ2v) is 5.29. The Morgan fingerprint density at radius 2 is 1.96 bits per heavy atom. The molecule has 7 nitrogen and oxygen atoms in total. The largest absolute Gasteiger partial charge is 0.508 e. The number of anilines is 1. The minimum absolute atomic E-state index is 0.0368. The Bertz CT molecular complexity index is 890. The lowest BCUT2D eigenvalue weighted by atomic mass is 10.1. The molecule has 0 unspecified atom stereocenters. The molecule has 0 fully saturated rings. The van der Waals surface area contributed by atoms with Crippen molar-refractivity contribution >= 4 is 5.82 Å². The van der Waals surface area contributed by atoms with Crippen LogP contribution in [0.15, 0.2) is 36.4 Å². The van der Waals surface area contributed by atoms with Crippen molar-refractivity contribution in [3.8, 4) is 34.2 Å². The summed E-state index contributed by atoms with van der Waals surface area (Å²) < 4.78 is 6.70. The third-order valence-corrected chi connectivity index (χ3v) is 3.82. The number of hydrogen-bond donors (Lipinski definition) is 3. The van der Waals surface area contributed by atoms with Gasteiger partial charge in [0, 0.05) is 11.6 Å². The van der Waals surface area contributed by atoms with Crippen LogP contribution in [0.4, 0.5) is 5.82 Å². The Morgan fingerprint density at radius 3 is 2.67 bits per heavy atom. The van der Waals surface area contributed by atoms with Crippen LogP contribution in [0.5, 0.6) is 17.2 Å². The summed E-state index contributed by atoms with van der Waals surface area (Å²) in [5.41, 5.74) is 8.36. The zero-order chi connectivity index (χ0) is 17.3. The van der Waals surface area contributed by atoms with Crippen molar-refractivity contribution in [3.05, 3.63) is 42.0 Å². The summed E-state index contributed by atoms with van der Waals surface area (Å²) in [5, 5.41) is 28.1. The number of hydrogen-bond acceptors (Lipinski definition) is 6. The number of aryl methyl sites for hydroxylation is 1. The fraction of sp³-hybridized carbons (Fsp3) is 0.176. The van der Waals surface area contributed by atoms with Crippen LogP contribution in [0.1, 0.15) is 12.5 Å². The highest BCUT2D eigenvalue weighted by Gasteiger charge is 2.18. The highest BCUT2D eigenvalue weighted by atomic mass is 16.5. The SMILES string of the molecule is CCc1cc(-n2nnc(N)c2-c2cccc(OC)c2)c(O)cc1O. The lowest BCUT2D eigenvalue weighted by Crippen LogP contribution is -2.02. The fourth-order valence-electron chi connectivity index (χ4n) is 2.56. The number of phenols is 2. The lowest BCUT2D eigenvalue weighted by molar-refractivity contribution is 0.415. The first-order chi connectivity index (χ1) is 11.5. The van der Waals surface area contributed by atoms with E-state index in [-0.39, 0.29) is 17.3 Å². The van der Waals surface area contributed by atoms with E-state index >= 15 is 0 Å². The van der Waals surface area contributed by atoms with Crippen LogP contribution in [-0.4, -0.2) is 32.3 Å². The minimum Gasteiger partial charge on any atom is -0.508 e. The zero-order valence-corrected chi connectivity index (χ0v) is 13.4. The molecule has 0 aliphatic carbocycles. The Labute approximate surface area is 138 Å². The van der Waals surface area contributed by atoms with E-state index in [1.165, 1.54) is 10.7 Å². The van der Waals surface area contributed by atoms with Gasteiger partial charge in [-0.3, -0.25) is 0 Å². The number of benzene rings is 2. The van der Waals surface area contributed by atoms with Gasteiger partial charge < -0.3 is 20.7 Å². The Kier molecular flexibility index (Phi) is 3.99. The maximum absolute atomic E-state index is 10.2. The molecular weight excluding hydrogens is 308 g/mol. The molecule has 24 heavy (non-hydrogen) atoms. The third kappa shape index (κ3) is 2.60. The van der Waals surface area contributed by atoms with Gasteiger partial charge >= 0.3 is 0 Å². The maximum atomic E-state index is 10.2. The van der Waals surface area contributed by atoms with Crippen LogP contribution in [0.25, 0.3) is 16.9 Å². The quantitative estimate of drug-likeness (QED) is 0.680. The molecule has 0 radical (unpaired) electrons. The molecule has 7 heteroatoms. The average Bonchev–Trinajstić information content (AvgIpc) is 2.96. The van der Waals surface area contributed by atoms with Crippen molar-refractivity contribution in [2.45, 2.75) is 13.3 Å². The molecule has 1 aromatic heterocycles. The number of nitrogens with two attached hydrogens (primary N) is 1. The molecule has 4 N–H and O–H groups in total. The molecule has 2 aromatic carbocycles. The number of ether oxygens (including phenoxy) is 1. The van der Waals surface area contributed by atoms with Gasteiger partial charge in [-0.05, 0) is 30.2 Å². The van der Waals surface area contributed by atoms with E-state index in [1.807, 2.05) is 31.2 Å². The predicted molar refractivity (Wildman–Crippen MR) is 90.5 cm³/mol. The zero-order valence-electron chi connectivity index (χ0n) is 13.4. The second kappa shape index (κ2) is 6.11. The number of rotatable bonds is 4. The number of nitrogen functional groups attached to an aromatic ring is 1. The molecule has 0 saturated carbocycles. The van der Waals surface area contributed by atoms with E-state index in [4.69, 9.17) is 10.5 Å². The van der Waals surface area contributed by atoms with Gasteiger partial charge in [-0.15, -0.1) is 5.10 Å². The van der Waals surface area contributed by atoms with Gasteiger partial charge in [0.05, 0.1) is 7.11 Å². The average molecular weight is 326 g/mol. The van der Waals surface area contributed by atoms with Gasteiger partial charge in [0.25, 0.3) is 0 Å². The van der Waals surface area contributed by atoms with Crippen LogP contribution in [0.2, 0.25) is 0 Å². The summed E-state index contributed by atoms with van der Waals surface area (Å²) in [6.07, 6.45) is 0.609. The van der Waals surface area contributed by atoms with E-state index < -0.39 is 0 Å². The molecule has 0 aliphatic heterocycles. The van der Waals surface area contributed by atoms with Crippen molar-refractivity contribution in [3.63, 3.8) is 0 Å². The van der Waals surface area contributed by atoms with Crippen LogP contribution >= 0.6 is 0 Å². The first-order valence-corrected chi connectivity index (χ1v) is 7.46. The molecule has 0 bridgehead atoms. The topological polar surface area (TPSA) is 106 Å². The van der Waals surface area contributed by atoms with Crippen molar-refractivity contribution in [1.82, 2.24) is 15.0 Å². The molecule has 1 heterocycles. The number of phenolic OH excluding ortho intramolecular Hbond substituents is 2. The summed E-state index contributed by atoms with van der Waals surface area (Å²) in [4.78, 5) is 0. The van der Waals surface area contributed by atoms with Gasteiger partial charge in [0.1, 0.15) is 28.6 Å². The first-order valence-electron chi connectivity index (χ1n) is 7.46. The molecular formula is C17H18N4O3. The van der Waals surface area contributed by atoms with Crippen molar-refractivity contribution in [2.24, 2.45) is 0 Å². The standard InChI is InChI=1S/C17H18N4O3/c1-3-10-8-13(15(23)9-14(10)22)21-16(17(18)19-20-21)11-5-4-6-12(7-11)24-2/h4-9,22-23H,3,18H2,1-2H3. The van der Waals surface area contributed by atoms with E-state index in [9.17, 15) is 10.2 Å². The van der Waals surface area contributed by atoms with Gasteiger partial charge in [-0.25, -0.2) is 4.68 Å². The highest BCUT2D eigenvalue weighted by molar-refractivity contribution is 5.74. The summed E-state index contributed by atoms with van der Waals surface area (Å²) in [5.74, 6) is 0.825. The van der Waals surface area contributed by atoms with Gasteiger partial charge in [0.15, 0.2) is 5.82 Å². The second-order valence-electron chi connectivity index (χ2n) is 5.29. The number of methoxy groups -OCH3 is 1. The monoisotopic (exact) mass is 326 g/mol. The molecule has 0 aliphatic rings. The summed E-state index contributed by atoms with van der Waals surface area (Å²) in [6, 6.07) is 10.3. The summed E-state index contributed by atoms with van der Waals surface area (Å²) in [7, 11) is 1.58. The van der Waals surface area contributed by atoms with Crippen molar-refractivity contribution in [2.75, 3.05) is 12.8 Å². The van der Waals surface area contributed by atoms with E-state index in [1.54, 1.807) is 13.2 Å². The Balaban J connectivity index is 2.21. The molecule has 0 atom stereocenters. The lowest BCUT2D eigenvalue weighted by Gasteiger charge is -2.12.